The second-order valence-corrected chi connectivity index (χ2v) is 6.84. The summed E-state index contributed by atoms with van der Waals surface area (Å²) in [5, 5.41) is 5.38. The van der Waals surface area contributed by atoms with E-state index in [-0.39, 0.29) is 11.8 Å². The van der Waals surface area contributed by atoms with Crippen molar-refractivity contribution >= 4 is 33.4 Å². The summed E-state index contributed by atoms with van der Waals surface area (Å²) in [6.45, 7) is 0.331. The molecule has 0 radical (unpaired) electrons. The number of carbonyl (C=O) groups excluding carboxylic acids is 2. The second kappa shape index (κ2) is 9.19. The van der Waals surface area contributed by atoms with Crippen LogP contribution in [-0.2, 0) is 6.61 Å². The highest BCUT2D eigenvalue weighted by Gasteiger charge is 2.14. The summed E-state index contributed by atoms with van der Waals surface area (Å²) in [6.07, 6.45) is 0. The summed E-state index contributed by atoms with van der Waals surface area (Å²) in [7, 11) is 1.56. The van der Waals surface area contributed by atoms with Gasteiger partial charge >= 0.3 is 0 Å². The third-order valence-electron chi connectivity index (χ3n) is 4.08. The Labute approximate surface area is 171 Å². The van der Waals surface area contributed by atoms with E-state index in [0.29, 0.717) is 29.2 Å². The van der Waals surface area contributed by atoms with Gasteiger partial charge in [0.2, 0.25) is 0 Å². The Hall–Kier alpha value is -3.12. The lowest BCUT2D eigenvalue weighted by Gasteiger charge is -2.13. The van der Waals surface area contributed by atoms with Crippen molar-refractivity contribution in [1.82, 2.24) is 5.32 Å². The van der Waals surface area contributed by atoms with Gasteiger partial charge in [0.1, 0.15) is 12.4 Å². The number of nitrogens with one attached hydrogen (secondary N) is 2. The van der Waals surface area contributed by atoms with Gasteiger partial charge in [0.15, 0.2) is 0 Å². The molecule has 0 aliphatic rings. The van der Waals surface area contributed by atoms with Crippen LogP contribution in [0.2, 0.25) is 0 Å². The SMILES string of the molecule is CNC(=O)c1cccc(NC(=O)c2ccccc2OCc2ccccc2Br)c1. The molecule has 0 aromatic heterocycles. The van der Waals surface area contributed by atoms with Gasteiger partial charge in [-0.05, 0) is 36.4 Å². The molecular weight excluding hydrogens is 420 g/mol. The average molecular weight is 439 g/mol. The molecule has 2 amide bonds. The first-order valence-corrected chi connectivity index (χ1v) is 9.46. The largest absolute Gasteiger partial charge is 0.488 e. The number of halogens is 1. The first kappa shape index (κ1) is 19.6. The molecule has 3 aromatic rings. The monoisotopic (exact) mass is 438 g/mol. The predicted molar refractivity (Wildman–Crippen MR) is 113 cm³/mol. The number of benzene rings is 3. The Balaban J connectivity index is 1.76. The van der Waals surface area contributed by atoms with Crippen LogP contribution in [0.5, 0.6) is 5.75 Å². The molecule has 0 unspecified atom stereocenters. The van der Waals surface area contributed by atoms with Gasteiger partial charge in [-0.1, -0.05) is 52.3 Å². The smallest absolute Gasteiger partial charge is 0.259 e. The molecule has 0 aliphatic heterocycles. The van der Waals surface area contributed by atoms with E-state index in [1.54, 1.807) is 49.5 Å². The minimum absolute atomic E-state index is 0.215. The molecule has 0 aliphatic carbocycles. The highest BCUT2D eigenvalue weighted by atomic mass is 79.9. The summed E-state index contributed by atoms with van der Waals surface area (Å²) in [6, 6.07) is 21.6. The average Bonchev–Trinajstić information content (AvgIpc) is 2.73. The lowest BCUT2D eigenvalue weighted by molar-refractivity contribution is 0.0961. The summed E-state index contributed by atoms with van der Waals surface area (Å²) in [4.78, 5) is 24.5. The Morgan fingerprint density at radius 3 is 2.46 bits per heavy atom. The van der Waals surface area contributed by atoms with Crippen LogP contribution in [0.1, 0.15) is 26.3 Å². The van der Waals surface area contributed by atoms with Crippen LogP contribution in [0.3, 0.4) is 0 Å². The van der Waals surface area contributed by atoms with Gasteiger partial charge < -0.3 is 15.4 Å². The highest BCUT2D eigenvalue weighted by molar-refractivity contribution is 9.10. The van der Waals surface area contributed by atoms with Gasteiger partial charge in [-0.2, -0.15) is 0 Å². The van der Waals surface area contributed by atoms with Gasteiger partial charge in [0.25, 0.3) is 11.8 Å². The first-order valence-electron chi connectivity index (χ1n) is 8.67. The quantitative estimate of drug-likeness (QED) is 0.588. The zero-order valence-electron chi connectivity index (χ0n) is 15.2. The van der Waals surface area contributed by atoms with Crippen molar-refractivity contribution in [2.45, 2.75) is 6.61 Å². The molecule has 0 fully saturated rings. The molecular formula is C22H19BrN2O3. The van der Waals surface area contributed by atoms with E-state index in [4.69, 9.17) is 4.74 Å². The van der Waals surface area contributed by atoms with E-state index in [1.165, 1.54) is 0 Å². The van der Waals surface area contributed by atoms with Crippen molar-refractivity contribution in [2.75, 3.05) is 12.4 Å². The van der Waals surface area contributed by atoms with Crippen molar-refractivity contribution in [1.29, 1.82) is 0 Å². The fourth-order valence-electron chi connectivity index (χ4n) is 2.63. The van der Waals surface area contributed by atoms with Crippen molar-refractivity contribution in [3.63, 3.8) is 0 Å². The molecule has 3 rings (SSSR count). The van der Waals surface area contributed by atoms with E-state index in [0.717, 1.165) is 10.0 Å². The molecule has 0 spiro atoms. The van der Waals surface area contributed by atoms with Gasteiger partial charge in [0.05, 0.1) is 5.56 Å². The maximum atomic E-state index is 12.8. The summed E-state index contributed by atoms with van der Waals surface area (Å²) >= 11 is 3.49. The van der Waals surface area contributed by atoms with Crippen LogP contribution in [0.4, 0.5) is 5.69 Å². The summed E-state index contributed by atoms with van der Waals surface area (Å²) in [5.41, 5.74) is 2.40. The van der Waals surface area contributed by atoms with Gasteiger partial charge in [-0.15, -0.1) is 0 Å². The number of hydrogen-bond donors (Lipinski definition) is 2. The zero-order chi connectivity index (χ0) is 19.9. The Morgan fingerprint density at radius 1 is 0.929 bits per heavy atom. The normalized spacial score (nSPS) is 10.2. The van der Waals surface area contributed by atoms with Crippen molar-refractivity contribution < 1.29 is 14.3 Å². The fraction of sp³-hybridized carbons (Fsp3) is 0.0909. The number of amides is 2. The predicted octanol–water partition coefficient (Wildman–Crippen LogP) is 4.64. The Bertz CT molecular complexity index is 1000. The van der Waals surface area contributed by atoms with E-state index < -0.39 is 0 Å². The molecule has 5 nitrogen and oxygen atoms in total. The van der Waals surface area contributed by atoms with E-state index >= 15 is 0 Å². The molecule has 0 saturated carbocycles. The zero-order valence-corrected chi connectivity index (χ0v) is 16.8. The number of hydrogen-bond acceptors (Lipinski definition) is 3. The molecule has 28 heavy (non-hydrogen) atoms. The number of anilines is 1. The molecule has 0 bridgehead atoms. The number of ether oxygens (including phenoxy) is 1. The molecule has 142 valence electrons. The van der Waals surface area contributed by atoms with Gasteiger partial charge in [-0.3, -0.25) is 9.59 Å². The molecule has 0 atom stereocenters. The van der Waals surface area contributed by atoms with Gasteiger partial charge in [-0.25, -0.2) is 0 Å². The van der Waals surface area contributed by atoms with Crippen LogP contribution < -0.4 is 15.4 Å². The van der Waals surface area contributed by atoms with Crippen molar-refractivity contribution in [3.8, 4) is 5.75 Å². The molecule has 0 saturated heterocycles. The van der Waals surface area contributed by atoms with E-state index in [1.807, 2.05) is 30.3 Å². The Morgan fingerprint density at radius 2 is 1.68 bits per heavy atom. The van der Waals surface area contributed by atoms with Crippen LogP contribution >= 0.6 is 15.9 Å². The maximum Gasteiger partial charge on any atom is 0.259 e. The summed E-state index contributed by atoms with van der Waals surface area (Å²) in [5.74, 6) is -0.0386. The van der Waals surface area contributed by atoms with Gasteiger partial charge in [0, 0.05) is 28.3 Å². The molecule has 0 heterocycles. The maximum absolute atomic E-state index is 12.8. The standard InChI is InChI=1S/C22H19BrN2O3/c1-24-21(26)15-8-6-9-17(13-15)25-22(27)18-10-3-5-12-20(18)28-14-16-7-2-4-11-19(16)23/h2-13H,14H2,1H3,(H,24,26)(H,25,27). The van der Waals surface area contributed by atoms with Crippen LogP contribution in [0.15, 0.2) is 77.3 Å². The van der Waals surface area contributed by atoms with E-state index in [9.17, 15) is 9.59 Å². The minimum Gasteiger partial charge on any atom is -0.488 e. The second-order valence-electron chi connectivity index (χ2n) is 5.99. The minimum atomic E-state index is -0.309. The molecule has 2 N–H and O–H groups in total. The topological polar surface area (TPSA) is 67.4 Å². The molecule has 3 aromatic carbocycles. The molecule has 6 heteroatoms. The lowest BCUT2D eigenvalue weighted by atomic mass is 10.1. The van der Waals surface area contributed by atoms with Crippen molar-refractivity contribution in [2.24, 2.45) is 0 Å². The number of para-hydroxylation sites is 1. The third-order valence-corrected chi connectivity index (χ3v) is 4.86. The van der Waals surface area contributed by atoms with Crippen molar-refractivity contribution in [3.05, 3.63) is 94.0 Å². The third kappa shape index (κ3) is 4.78. The fourth-order valence-corrected chi connectivity index (χ4v) is 3.03. The van der Waals surface area contributed by atoms with Crippen LogP contribution in [-0.4, -0.2) is 18.9 Å². The van der Waals surface area contributed by atoms with Crippen LogP contribution in [0, 0.1) is 0 Å². The number of carbonyl (C=O) groups is 2. The number of rotatable bonds is 6. The highest BCUT2D eigenvalue weighted by Crippen LogP contribution is 2.23. The first-order chi connectivity index (χ1) is 13.6. The van der Waals surface area contributed by atoms with Crippen LogP contribution in [0.25, 0.3) is 0 Å². The lowest BCUT2D eigenvalue weighted by Crippen LogP contribution is -2.18. The summed E-state index contributed by atoms with van der Waals surface area (Å²) < 4.78 is 6.83. The van der Waals surface area contributed by atoms with E-state index in [2.05, 4.69) is 26.6 Å². The Kier molecular flexibility index (Phi) is 6.45.